The van der Waals surface area contributed by atoms with Gasteiger partial charge in [0.25, 0.3) is 5.91 Å². The summed E-state index contributed by atoms with van der Waals surface area (Å²) >= 11 is 0. The molecular formula is C15H22N2O4S. The number of unbranched alkanes of at least 4 members (excludes halogenated alkanes) is 2. The molecule has 0 radical (unpaired) electrons. The van der Waals surface area contributed by atoms with Crippen LogP contribution < -0.4 is 14.4 Å². The Kier molecular flexibility index (Phi) is 5.28. The SMILES string of the molecule is CCCCCNC(=O)[C@H]1CN(S(C)(=O)=O)c2ccccc2O1. The lowest BCUT2D eigenvalue weighted by Crippen LogP contribution is -2.50. The van der Waals surface area contributed by atoms with Crippen LogP contribution in [0.2, 0.25) is 0 Å². The smallest absolute Gasteiger partial charge is 0.263 e. The Bertz CT molecular complexity index is 630. The summed E-state index contributed by atoms with van der Waals surface area (Å²) < 4.78 is 30.8. The lowest BCUT2D eigenvalue weighted by atomic mass is 10.2. The first-order valence-electron chi connectivity index (χ1n) is 7.44. The Morgan fingerprint density at radius 2 is 2.09 bits per heavy atom. The third-order valence-corrected chi connectivity index (χ3v) is 4.65. The van der Waals surface area contributed by atoms with Crippen molar-refractivity contribution in [2.24, 2.45) is 0 Å². The number of sulfonamides is 1. The average molecular weight is 326 g/mol. The molecule has 1 aliphatic heterocycles. The first-order valence-corrected chi connectivity index (χ1v) is 9.29. The molecule has 6 nitrogen and oxygen atoms in total. The molecule has 1 amide bonds. The van der Waals surface area contributed by atoms with Gasteiger partial charge in [0.05, 0.1) is 18.5 Å². The highest BCUT2D eigenvalue weighted by molar-refractivity contribution is 7.92. The predicted octanol–water partition coefficient (Wildman–Crippen LogP) is 1.52. The van der Waals surface area contributed by atoms with Gasteiger partial charge in [0, 0.05) is 6.54 Å². The number of rotatable bonds is 6. The maximum atomic E-state index is 12.2. The maximum absolute atomic E-state index is 12.2. The summed E-state index contributed by atoms with van der Waals surface area (Å²) in [7, 11) is -3.46. The number of nitrogens with zero attached hydrogens (tertiary/aromatic N) is 1. The lowest BCUT2D eigenvalue weighted by Gasteiger charge is -2.33. The lowest BCUT2D eigenvalue weighted by molar-refractivity contribution is -0.127. The van der Waals surface area contributed by atoms with Crippen LogP contribution in [0.15, 0.2) is 24.3 Å². The van der Waals surface area contributed by atoms with Crippen molar-refractivity contribution in [2.45, 2.75) is 32.3 Å². The van der Waals surface area contributed by atoms with Gasteiger partial charge in [-0.2, -0.15) is 0 Å². The molecule has 22 heavy (non-hydrogen) atoms. The second kappa shape index (κ2) is 7.00. The van der Waals surface area contributed by atoms with Gasteiger partial charge in [-0.25, -0.2) is 8.42 Å². The van der Waals surface area contributed by atoms with Crippen LogP contribution >= 0.6 is 0 Å². The molecule has 0 unspecified atom stereocenters. The van der Waals surface area contributed by atoms with E-state index in [0.29, 0.717) is 18.0 Å². The number of carbonyl (C=O) groups is 1. The third kappa shape index (κ3) is 3.91. The van der Waals surface area contributed by atoms with Gasteiger partial charge >= 0.3 is 0 Å². The van der Waals surface area contributed by atoms with E-state index in [4.69, 9.17) is 4.74 Å². The number of fused-ring (bicyclic) bond motifs is 1. The summed E-state index contributed by atoms with van der Waals surface area (Å²) in [6.07, 6.45) is 3.33. The Morgan fingerprint density at radius 3 is 2.77 bits per heavy atom. The van der Waals surface area contributed by atoms with Crippen molar-refractivity contribution >= 4 is 21.6 Å². The van der Waals surface area contributed by atoms with E-state index in [1.807, 2.05) is 0 Å². The monoisotopic (exact) mass is 326 g/mol. The molecule has 1 heterocycles. The number of ether oxygens (including phenoxy) is 1. The largest absolute Gasteiger partial charge is 0.476 e. The van der Waals surface area contributed by atoms with E-state index in [0.717, 1.165) is 25.5 Å². The molecule has 0 saturated heterocycles. The quantitative estimate of drug-likeness (QED) is 0.804. The van der Waals surface area contributed by atoms with Crippen LogP contribution in [0.4, 0.5) is 5.69 Å². The summed E-state index contributed by atoms with van der Waals surface area (Å²) in [6, 6.07) is 6.84. The number of benzene rings is 1. The van der Waals surface area contributed by atoms with E-state index in [1.165, 1.54) is 4.31 Å². The summed E-state index contributed by atoms with van der Waals surface area (Å²) in [5, 5.41) is 2.80. The van der Waals surface area contributed by atoms with E-state index < -0.39 is 16.1 Å². The van der Waals surface area contributed by atoms with Crippen molar-refractivity contribution < 1.29 is 17.9 Å². The first-order chi connectivity index (χ1) is 10.4. The molecule has 7 heteroatoms. The number of hydrogen-bond acceptors (Lipinski definition) is 4. The summed E-state index contributed by atoms with van der Waals surface area (Å²) in [6.45, 7) is 2.66. The summed E-state index contributed by atoms with van der Waals surface area (Å²) in [5.41, 5.74) is 0.472. The normalized spacial score (nSPS) is 17.5. The molecule has 1 N–H and O–H groups in total. The fourth-order valence-electron chi connectivity index (χ4n) is 2.35. The van der Waals surface area contributed by atoms with Crippen molar-refractivity contribution in [2.75, 3.05) is 23.7 Å². The molecule has 122 valence electrons. The van der Waals surface area contributed by atoms with Crippen molar-refractivity contribution in [3.8, 4) is 5.75 Å². The fraction of sp³-hybridized carbons (Fsp3) is 0.533. The van der Waals surface area contributed by atoms with Crippen LogP contribution in [0, 0.1) is 0 Å². The zero-order valence-electron chi connectivity index (χ0n) is 12.9. The van der Waals surface area contributed by atoms with E-state index >= 15 is 0 Å². The highest BCUT2D eigenvalue weighted by Gasteiger charge is 2.34. The minimum Gasteiger partial charge on any atom is -0.476 e. The topological polar surface area (TPSA) is 75.7 Å². The number of para-hydroxylation sites is 2. The van der Waals surface area contributed by atoms with Crippen LogP contribution in [0.25, 0.3) is 0 Å². The van der Waals surface area contributed by atoms with Crippen LogP contribution in [-0.4, -0.2) is 39.8 Å². The van der Waals surface area contributed by atoms with Gasteiger partial charge in [-0.3, -0.25) is 9.10 Å². The molecule has 1 atom stereocenters. The number of carbonyl (C=O) groups excluding carboxylic acids is 1. The molecule has 0 fully saturated rings. The third-order valence-electron chi connectivity index (χ3n) is 3.51. The van der Waals surface area contributed by atoms with Gasteiger partial charge in [-0.1, -0.05) is 31.9 Å². The maximum Gasteiger partial charge on any atom is 0.263 e. The molecule has 0 aromatic heterocycles. The fourth-order valence-corrected chi connectivity index (χ4v) is 3.27. The van der Waals surface area contributed by atoms with Crippen molar-refractivity contribution in [3.63, 3.8) is 0 Å². The van der Waals surface area contributed by atoms with Crippen LogP contribution in [-0.2, 0) is 14.8 Å². The minimum absolute atomic E-state index is 0.00451. The Balaban J connectivity index is 2.12. The molecule has 0 spiro atoms. The Hall–Kier alpha value is -1.76. The van der Waals surface area contributed by atoms with Crippen LogP contribution in [0.3, 0.4) is 0 Å². The van der Waals surface area contributed by atoms with Crippen molar-refractivity contribution in [3.05, 3.63) is 24.3 Å². The van der Waals surface area contributed by atoms with Gasteiger partial charge < -0.3 is 10.1 Å². The number of amides is 1. The molecule has 0 bridgehead atoms. The average Bonchev–Trinajstić information content (AvgIpc) is 2.49. The molecule has 1 aromatic carbocycles. The van der Waals surface area contributed by atoms with Gasteiger partial charge in [0.15, 0.2) is 6.10 Å². The van der Waals surface area contributed by atoms with E-state index in [2.05, 4.69) is 12.2 Å². The summed E-state index contributed by atoms with van der Waals surface area (Å²) in [4.78, 5) is 12.2. The standard InChI is InChI=1S/C15H22N2O4S/c1-3-4-7-10-16-15(18)14-11-17(22(2,19)20)12-8-5-6-9-13(12)21-14/h5-6,8-9,14H,3-4,7,10-11H2,1-2H3,(H,16,18)/t14-/m1/s1. The van der Waals surface area contributed by atoms with E-state index in [-0.39, 0.29) is 12.5 Å². The van der Waals surface area contributed by atoms with Gasteiger partial charge in [0.2, 0.25) is 10.0 Å². The minimum atomic E-state index is -3.46. The van der Waals surface area contributed by atoms with Crippen LogP contribution in [0.5, 0.6) is 5.75 Å². The van der Waals surface area contributed by atoms with Gasteiger partial charge in [-0.05, 0) is 18.6 Å². The second-order valence-corrected chi connectivity index (χ2v) is 7.27. The molecular weight excluding hydrogens is 304 g/mol. The second-order valence-electron chi connectivity index (χ2n) is 5.37. The molecule has 1 aliphatic rings. The van der Waals surface area contributed by atoms with Crippen LogP contribution in [0.1, 0.15) is 26.2 Å². The highest BCUT2D eigenvalue weighted by Crippen LogP contribution is 2.34. The van der Waals surface area contributed by atoms with Gasteiger partial charge in [-0.15, -0.1) is 0 Å². The molecule has 1 aromatic rings. The number of anilines is 1. The predicted molar refractivity (Wildman–Crippen MR) is 85.6 cm³/mol. The number of hydrogen-bond donors (Lipinski definition) is 1. The molecule has 2 rings (SSSR count). The van der Waals surface area contributed by atoms with Crippen molar-refractivity contribution in [1.82, 2.24) is 5.32 Å². The van der Waals surface area contributed by atoms with E-state index in [9.17, 15) is 13.2 Å². The zero-order chi connectivity index (χ0) is 16.2. The van der Waals surface area contributed by atoms with Gasteiger partial charge in [0.1, 0.15) is 5.75 Å². The first kappa shape index (κ1) is 16.6. The van der Waals surface area contributed by atoms with Crippen molar-refractivity contribution in [1.29, 1.82) is 0 Å². The highest BCUT2D eigenvalue weighted by atomic mass is 32.2. The Labute approximate surface area is 131 Å². The molecule has 0 aliphatic carbocycles. The Morgan fingerprint density at radius 1 is 1.36 bits per heavy atom. The summed E-state index contributed by atoms with van der Waals surface area (Å²) in [5.74, 6) is 0.132. The number of nitrogens with one attached hydrogen (secondary N) is 1. The molecule has 0 saturated carbocycles. The van der Waals surface area contributed by atoms with E-state index in [1.54, 1.807) is 24.3 Å². The zero-order valence-corrected chi connectivity index (χ0v) is 13.7.